The van der Waals surface area contributed by atoms with Crippen molar-refractivity contribution in [1.82, 2.24) is 5.43 Å². The highest BCUT2D eigenvalue weighted by molar-refractivity contribution is 7.99. The molecule has 110 valence electrons. The second kappa shape index (κ2) is 4.89. The monoisotopic (exact) mass is 315 g/mol. The maximum absolute atomic E-state index is 4.83. The first kappa shape index (κ1) is 12.8. The van der Waals surface area contributed by atoms with Crippen LogP contribution in [0.15, 0.2) is 87.6 Å². The van der Waals surface area contributed by atoms with Crippen LogP contribution < -0.4 is 10.4 Å². The number of benzene rings is 3. The summed E-state index contributed by atoms with van der Waals surface area (Å²) in [5.41, 5.74) is 7.88. The molecule has 0 fully saturated rings. The third kappa shape index (κ3) is 1.95. The van der Waals surface area contributed by atoms with Crippen LogP contribution in [0.25, 0.3) is 0 Å². The van der Waals surface area contributed by atoms with E-state index in [1.165, 1.54) is 15.5 Å². The maximum atomic E-state index is 4.83. The highest BCUT2D eigenvalue weighted by Gasteiger charge is 2.29. The number of hydrazine groups is 1. The van der Waals surface area contributed by atoms with Crippen molar-refractivity contribution in [3.05, 3.63) is 78.4 Å². The van der Waals surface area contributed by atoms with Gasteiger partial charge in [-0.3, -0.25) is 10.4 Å². The quantitative estimate of drug-likeness (QED) is 0.693. The van der Waals surface area contributed by atoms with Crippen molar-refractivity contribution in [3.8, 4) is 0 Å². The van der Waals surface area contributed by atoms with E-state index in [9.17, 15) is 0 Å². The molecule has 0 saturated heterocycles. The number of hydrogen-bond donors (Lipinski definition) is 1. The SMILES string of the molecule is c1ccc(C2=Nc3cccc4c3N(N2)c2ccccc2S4)cc1. The third-order valence-corrected chi connectivity index (χ3v) is 5.14. The van der Waals surface area contributed by atoms with Gasteiger partial charge in [0.25, 0.3) is 0 Å². The highest BCUT2D eigenvalue weighted by Crippen LogP contribution is 2.51. The Morgan fingerprint density at radius 1 is 0.783 bits per heavy atom. The first-order valence-electron chi connectivity index (χ1n) is 7.51. The van der Waals surface area contributed by atoms with Crippen molar-refractivity contribution in [2.75, 3.05) is 5.01 Å². The molecule has 2 aliphatic rings. The summed E-state index contributed by atoms with van der Waals surface area (Å²) in [7, 11) is 0. The Kier molecular flexibility index (Phi) is 2.72. The van der Waals surface area contributed by atoms with Gasteiger partial charge in [-0.15, -0.1) is 0 Å². The van der Waals surface area contributed by atoms with E-state index in [0.29, 0.717) is 0 Å². The molecular weight excluding hydrogens is 302 g/mol. The van der Waals surface area contributed by atoms with Gasteiger partial charge in [0.1, 0.15) is 5.69 Å². The number of hydrogen-bond acceptors (Lipinski definition) is 4. The van der Waals surface area contributed by atoms with Gasteiger partial charge in [-0.1, -0.05) is 60.3 Å². The molecule has 2 aliphatic heterocycles. The van der Waals surface area contributed by atoms with E-state index in [1.54, 1.807) is 11.8 Å². The van der Waals surface area contributed by atoms with Crippen molar-refractivity contribution in [1.29, 1.82) is 0 Å². The van der Waals surface area contributed by atoms with Crippen molar-refractivity contribution in [2.45, 2.75) is 9.79 Å². The maximum Gasteiger partial charge on any atom is 0.152 e. The minimum atomic E-state index is 0.872. The van der Waals surface area contributed by atoms with Gasteiger partial charge >= 0.3 is 0 Å². The summed E-state index contributed by atoms with van der Waals surface area (Å²) in [5.74, 6) is 0.872. The zero-order valence-corrected chi connectivity index (χ0v) is 13.0. The van der Waals surface area contributed by atoms with Gasteiger partial charge in [0.2, 0.25) is 0 Å². The molecule has 0 bridgehead atoms. The molecule has 4 heteroatoms. The van der Waals surface area contributed by atoms with E-state index >= 15 is 0 Å². The third-order valence-electron chi connectivity index (χ3n) is 4.02. The fourth-order valence-electron chi connectivity index (χ4n) is 2.97. The molecular formula is C19H13N3S. The molecule has 1 N–H and O–H groups in total. The number of rotatable bonds is 1. The first-order chi connectivity index (χ1) is 11.4. The number of aliphatic imine (C=N–C) groups is 1. The van der Waals surface area contributed by atoms with Gasteiger partial charge in [0.15, 0.2) is 5.84 Å². The fourth-order valence-corrected chi connectivity index (χ4v) is 4.05. The molecule has 0 aromatic heterocycles. The summed E-state index contributed by atoms with van der Waals surface area (Å²) >= 11 is 1.80. The van der Waals surface area contributed by atoms with Crippen molar-refractivity contribution in [2.24, 2.45) is 4.99 Å². The Morgan fingerprint density at radius 3 is 2.48 bits per heavy atom. The Balaban J connectivity index is 1.73. The second-order valence-corrected chi connectivity index (χ2v) is 6.55. The molecule has 2 heterocycles. The summed E-state index contributed by atoms with van der Waals surface area (Å²) < 4.78 is 0. The lowest BCUT2D eigenvalue weighted by molar-refractivity contribution is 0.881. The number of amidine groups is 1. The largest absolute Gasteiger partial charge is 0.276 e. The van der Waals surface area contributed by atoms with Crippen LogP contribution in [0.2, 0.25) is 0 Å². The van der Waals surface area contributed by atoms with Crippen LogP contribution in [-0.4, -0.2) is 5.84 Å². The lowest BCUT2D eigenvalue weighted by atomic mass is 10.1. The van der Waals surface area contributed by atoms with E-state index in [2.05, 4.69) is 65.0 Å². The second-order valence-electron chi connectivity index (χ2n) is 5.47. The number of nitrogens with one attached hydrogen (secondary N) is 1. The Morgan fingerprint density at radius 2 is 1.57 bits per heavy atom. The van der Waals surface area contributed by atoms with Gasteiger partial charge in [0, 0.05) is 15.4 Å². The Hall–Kier alpha value is -2.72. The molecule has 0 atom stereocenters. The van der Waals surface area contributed by atoms with Crippen molar-refractivity contribution < 1.29 is 0 Å². The van der Waals surface area contributed by atoms with Crippen LogP contribution in [0, 0.1) is 0 Å². The molecule has 0 aliphatic carbocycles. The lowest BCUT2D eigenvalue weighted by Crippen LogP contribution is -2.42. The minimum Gasteiger partial charge on any atom is -0.276 e. The van der Waals surface area contributed by atoms with Crippen molar-refractivity contribution >= 4 is 34.7 Å². The van der Waals surface area contributed by atoms with Gasteiger partial charge in [0.05, 0.1) is 11.4 Å². The molecule has 3 aromatic rings. The molecule has 0 amide bonds. The Labute approximate surface area is 138 Å². The molecule has 0 radical (unpaired) electrons. The zero-order chi connectivity index (χ0) is 15.2. The van der Waals surface area contributed by atoms with Crippen LogP contribution >= 0.6 is 11.8 Å². The molecule has 3 aromatic carbocycles. The predicted octanol–water partition coefficient (Wildman–Crippen LogP) is 4.89. The van der Waals surface area contributed by atoms with E-state index in [1.807, 2.05) is 18.2 Å². The summed E-state index contributed by atoms with van der Waals surface area (Å²) in [4.78, 5) is 7.31. The number of anilines is 2. The Bertz CT molecular complexity index is 934. The van der Waals surface area contributed by atoms with Crippen molar-refractivity contribution in [3.63, 3.8) is 0 Å². The number of nitrogens with zero attached hydrogens (tertiary/aromatic N) is 2. The van der Waals surface area contributed by atoms with E-state index in [-0.39, 0.29) is 0 Å². The van der Waals surface area contributed by atoms with Crippen LogP contribution in [0.3, 0.4) is 0 Å². The zero-order valence-electron chi connectivity index (χ0n) is 12.2. The summed E-state index contributed by atoms with van der Waals surface area (Å²) in [6.07, 6.45) is 0. The molecule has 0 unspecified atom stereocenters. The molecule has 5 rings (SSSR count). The van der Waals surface area contributed by atoms with E-state index < -0.39 is 0 Å². The van der Waals surface area contributed by atoms with Gasteiger partial charge in [-0.2, -0.15) is 0 Å². The number of para-hydroxylation sites is 2. The van der Waals surface area contributed by atoms with Crippen LogP contribution in [-0.2, 0) is 0 Å². The molecule has 0 saturated carbocycles. The topological polar surface area (TPSA) is 27.6 Å². The smallest absolute Gasteiger partial charge is 0.152 e. The summed E-state index contributed by atoms with van der Waals surface area (Å²) in [6, 6.07) is 25.0. The standard InChI is InChI=1S/C19H13N3S/c1-2-7-13(8-3-1)19-20-14-9-6-12-17-18(14)22(21-19)15-10-4-5-11-16(15)23-17/h1-12H,(H,20,21). The van der Waals surface area contributed by atoms with Gasteiger partial charge < -0.3 is 0 Å². The highest BCUT2D eigenvalue weighted by atomic mass is 32.2. The normalized spacial score (nSPS) is 14.4. The number of fused-ring (bicyclic) bond motifs is 2. The van der Waals surface area contributed by atoms with Crippen LogP contribution in [0.4, 0.5) is 17.1 Å². The lowest BCUT2D eigenvalue weighted by Gasteiger charge is -2.37. The van der Waals surface area contributed by atoms with E-state index in [0.717, 1.165) is 22.8 Å². The van der Waals surface area contributed by atoms with Gasteiger partial charge in [-0.25, -0.2) is 4.99 Å². The minimum absolute atomic E-state index is 0.872. The van der Waals surface area contributed by atoms with Crippen LogP contribution in [0.1, 0.15) is 5.56 Å². The first-order valence-corrected chi connectivity index (χ1v) is 8.32. The summed E-state index contributed by atoms with van der Waals surface area (Å²) in [5, 5.41) is 2.16. The fraction of sp³-hybridized carbons (Fsp3) is 0. The molecule has 23 heavy (non-hydrogen) atoms. The average Bonchev–Trinajstić information content (AvgIpc) is 2.62. The van der Waals surface area contributed by atoms with E-state index in [4.69, 9.17) is 4.99 Å². The molecule has 3 nitrogen and oxygen atoms in total. The average molecular weight is 315 g/mol. The van der Waals surface area contributed by atoms with Crippen LogP contribution in [0.5, 0.6) is 0 Å². The molecule has 0 spiro atoms. The van der Waals surface area contributed by atoms with Gasteiger partial charge in [-0.05, 0) is 24.3 Å². The predicted molar refractivity (Wildman–Crippen MR) is 94.9 cm³/mol. The summed E-state index contributed by atoms with van der Waals surface area (Å²) in [6.45, 7) is 0.